The van der Waals surface area contributed by atoms with E-state index in [0.717, 1.165) is 18.2 Å². The third-order valence-corrected chi connectivity index (χ3v) is 3.01. The smallest absolute Gasteiger partial charge is 0.131 e. The van der Waals surface area contributed by atoms with Gasteiger partial charge in [0.2, 0.25) is 0 Å². The van der Waals surface area contributed by atoms with Gasteiger partial charge in [-0.15, -0.1) is 0 Å². The molecule has 0 bridgehead atoms. The van der Waals surface area contributed by atoms with E-state index in [1.807, 2.05) is 13.0 Å². The molecule has 2 rings (SSSR count). The van der Waals surface area contributed by atoms with Gasteiger partial charge in [-0.25, -0.2) is 8.78 Å². The molecule has 1 aromatic carbocycles. The highest BCUT2D eigenvalue weighted by molar-refractivity contribution is 5.32. The maximum absolute atomic E-state index is 13.9. The fraction of sp³-hybridized carbons (Fsp3) is 0.429. The van der Waals surface area contributed by atoms with Gasteiger partial charge in [0.1, 0.15) is 17.4 Å². The summed E-state index contributed by atoms with van der Waals surface area (Å²) in [5, 5.41) is 3.17. The molecule has 0 amide bonds. The van der Waals surface area contributed by atoms with Gasteiger partial charge in [-0.3, -0.25) is 0 Å². The molecule has 1 atom stereocenters. The van der Waals surface area contributed by atoms with Crippen molar-refractivity contribution >= 4 is 0 Å². The van der Waals surface area contributed by atoms with Crippen LogP contribution in [-0.2, 0) is 4.74 Å². The highest BCUT2D eigenvalue weighted by atomic mass is 19.1. The summed E-state index contributed by atoms with van der Waals surface area (Å²) in [6.45, 7) is 4.88. The summed E-state index contributed by atoms with van der Waals surface area (Å²) >= 11 is 0. The first-order valence-corrected chi connectivity index (χ1v) is 6.15. The second-order valence-electron chi connectivity index (χ2n) is 4.36. The molecule has 98 valence electrons. The lowest BCUT2D eigenvalue weighted by Gasteiger charge is -2.20. The molecule has 0 saturated carbocycles. The van der Waals surface area contributed by atoms with Gasteiger partial charge in [0, 0.05) is 18.1 Å². The number of hydrogen-bond acceptors (Lipinski definition) is 2. The number of rotatable bonds is 4. The quantitative estimate of drug-likeness (QED) is 0.889. The van der Waals surface area contributed by atoms with Crippen LogP contribution in [0.3, 0.4) is 0 Å². The van der Waals surface area contributed by atoms with Crippen LogP contribution in [0.1, 0.15) is 30.5 Å². The van der Waals surface area contributed by atoms with Crippen molar-refractivity contribution in [2.45, 2.75) is 26.3 Å². The van der Waals surface area contributed by atoms with E-state index in [2.05, 4.69) is 5.32 Å². The summed E-state index contributed by atoms with van der Waals surface area (Å²) < 4.78 is 32.7. The predicted molar refractivity (Wildman–Crippen MR) is 66.2 cm³/mol. The third-order valence-electron chi connectivity index (χ3n) is 3.01. The van der Waals surface area contributed by atoms with E-state index in [0.29, 0.717) is 24.3 Å². The first-order chi connectivity index (χ1) is 8.63. The van der Waals surface area contributed by atoms with E-state index in [4.69, 9.17) is 4.74 Å². The van der Waals surface area contributed by atoms with E-state index < -0.39 is 11.6 Å². The van der Waals surface area contributed by atoms with Crippen LogP contribution >= 0.6 is 0 Å². The first-order valence-electron chi connectivity index (χ1n) is 6.15. The summed E-state index contributed by atoms with van der Waals surface area (Å²) in [5.41, 5.74) is 0.872. The molecule has 4 heteroatoms. The molecule has 0 fully saturated rings. The number of nitrogens with one attached hydrogen (secondary N) is 1. The van der Waals surface area contributed by atoms with Crippen LogP contribution in [0.25, 0.3) is 0 Å². The second-order valence-corrected chi connectivity index (χ2v) is 4.36. The molecule has 0 aromatic heterocycles. The van der Waals surface area contributed by atoms with Crippen molar-refractivity contribution in [1.29, 1.82) is 0 Å². The molecule has 1 unspecified atom stereocenters. The SMILES string of the molecule is CCNC(C1=CCCO1)c1cc(C)c(F)cc1F. The van der Waals surface area contributed by atoms with Gasteiger partial charge in [0.25, 0.3) is 0 Å². The lowest BCUT2D eigenvalue weighted by Crippen LogP contribution is -2.24. The van der Waals surface area contributed by atoms with E-state index in [1.54, 1.807) is 13.0 Å². The van der Waals surface area contributed by atoms with Crippen molar-refractivity contribution in [3.63, 3.8) is 0 Å². The number of halogens is 2. The minimum absolute atomic E-state index is 0.336. The van der Waals surface area contributed by atoms with Crippen LogP contribution in [0.2, 0.25) is 0 Å². The largest absolute Gasteiger partial charge is 0.496 e. The predicted octanol–water partition coefficient (Wildman–Crippen LogP) is 3.23. The van der Waals surface area contributed by atoms with Gasteiger partial charge in [-0.1, -0.05) is 6.92 Å². The molecular formula is C14H17F2NO. The number of hydrogen-bond donors (Lipinski definition) is 1. The Balaban J connectivity index is 2.38. The maximum Gasteiger partial charge on any atom is 0.131 e. The molecular weight excluding hydrogens is 236 g/mol. The maximum atomic E-state index is 13.9. The molecule has 1 aliphatic heterocycles. The highest BCUT2D eigenvalue weighted by Gasteiger charge is 2.23. The zero-order valence-corrected chi connectivity index (χ0v) is 10.6. The Morgan fingerprint density at radius 1 is 1.33 bits per heavy atom. The normalized spacial score (nSPS) is 16.3. The molecule has 1 heterocycles. The van der Waals surface area contributed by atoms with E-state index >= 15 is 0 Å². The number of ether oxygens (including phenoxy) is 1. The standard InChI is InChI=1S/C14H17F2NO/c1-3-17-14(13-5-4-6-18-13)10-7-9(2)11(15)8-12(10)16/h5,7-8,14,17H,3-4,6H2,1-2H3. The van der Waals surface area contributed by atoms with Crippen LogP contribution in [0.4, 0.5) is 8.78 Å². The fourth-order valence-corrected chi connectivity index (χ4v) is 2.11. The topological polar surface area (TPSA) is 21.3 Å². The van der Waals surface area contributed by atoms with Crippen LogP contribution in [0.5, 0.6) is 0 Å². The van der Waals surface area contributed by atoms with Gasteiger partial charge in [-0.2, -0.15) is 0 Å². The number of likely N-dealkylation sites (N-methyl/N-ethyl adjacent to an activating group) is 1. The average Bonchev–Trinajstić information content (AvgIpc) is 2.85. The van der Waals surface area contributed by atoms with Crippen LogP contribution in [0, 0.1) is 18.6 Å². The summed E-state index contributed by atoms with van der Waals surface area (Å²) in [7, 11) is 0. The Labute approximate surface area is 106 Å². The second kappa shape index (κ2) is 5.48. The molecule has 18 heavy (non-hydrogen) atoms. The van der Waals surface area contributed by atoms with Gasteiger partial charge in [-0.05, 0) is 31.2 Å². The fourth-order valence-electron chi connectivity index (χ4n) is 2.11. The third kappa shape index (κ3) is 2.53. The zero-order valence-electron chi connectivity index (χ0n) is 10.6. The molecule has 0 radical (unpaired) electrons. The van der Waals surface area contributed by atoms with Crippen LogP contribution < -0.4 is 5.32 Å². The summed E-state index contributed by atoms with van der Waals surface area (Å²) in [4.78, 5) is 0. The molecule has 2 nitrogen and oxygen atoms in total. The monoisotopic (exact) mass is 253 g/mol. The van der Waals surface area contributed by atoms with Gasteiger partial charge < -0.3 is 10.1 Å². The minimum Gasteiger partial charge on any atom is -0.496 e. The summed E-state index contributed by atoms with van der Waals surface area (Å²) in [5.74, 6) is -0.338. The lowest BCUT2D eigenvalue weighted by molar-refractivity contribution is 0.214. The minimum atomic E-state index is -0.541. The van der Waals surface area contributed by atoms with E-state index in [9.17, 15) is 8.78 Å². The molecule has 0 saturated heterocycles. The molecule has 0 aliphatic carbocycles. The van der Waals surface area contributed by atoms with Crippen molar-refractivity contribution in [1.82, 2.24) is 5.32 Å². The average molecular weight is 253 g/mol. The molecule has 1 N–H and O–H groups in total. The Hall–Kier alpha value is -1.42. The zero-order chi connectivity index (χ0) is 13.1. The van der Waals surface area contributed by atoms with Crippen LogP contribution in [0.15, 0.2) is 24.0 Å². The van der Waals surface area contributed by atoms with Gasteiger partial charge in [0.15, 0.2) is 0 Å². The Kier molecular flexibility index (Phi) is 3.97. The van der Waals surface area contributed by atoms with Crippen LogP contribution in [-0.4, -0.2) is 13.2 Å². The summed E-state index contributed by atoms with van der Waals surface area (Å²) in [6, 6.07) is 2.14. The highest BCUT2D eigenvalue weighted by Crippen LogP contribution is 2.29. The van der Waals surface area contributed by atoms with Gasteiger partial charge in [0.05, 0.1) is 12.6 Å². The van der Waals surface area contributed by atoms with Crippen molar-refractivity contribution < 1.29 is 13.5 Å². The van der Waals surface area contributed by atoms with Crippen molar-refractivity contribution in [2.24, 2.45) is 0 Å². The number of benzene rings is 1. The molecule has 1 aromatic rings. The number of aryl methyl sites for hydroxylation is 1. The Morgan fingerprint density at radius 2 is 2.11 bits per heavy atom. The van der Waals surface area contributed by atoms with E-state index in [-0.39, 0.29) is 6.04 Å². The Morgan fingerprint density at radius 3 is 2.72 bits per heavy atom. The Bertz CT molecular complexity index is 471. The van der Waals surface area contributed by atoms with Gasteiger partial charge >= 0.3 is 0 Å². The van der Waals surface area contributed by atoms with Crippen molar-refractivity contribution in [3.05, 3.63) is 46.7 Å². The molecule has 0 spiro atoms. The first kappa shape index (κ1) is 13.0. The summed E-state index contributed by atoms with van der Waals surface area (Å²) in [6.07, 6.45) is 2.78. The van der Waals surface area contributed by atoms with Crippen molar-refractivity contribution in [3.8, 4) is 0 Å². The van der Waals surface area contributed by atoms with Crippen molar-refractivity contribution in [2.75, 3.05) is 13.2 Å². The lowest BCUT2D eigenvalue weighted by atomic mass is 10.0. The molecule has 1 aliphatic rings. The van der Waals surface area contributed by atoms with E-state index in [1.165, 1.54) is 0 Å².